The first-order valence-corrected chi connectivity index (χ1v) is 9.18. The van der Waals surface area contributed by atoms with Crippen LogP contribution in [0.5, 0.6) is 0 Å². The van der Waals surface area contributed by atoms with Crippen molar-refractivity contribution in [2.75, 3.05) is 0 Å². The van der Waals surface area contributed by atoms with E-state index >= 15 is 0 Å². The van der Waals surface area contributed by atoms with E-state index in [0.717, 1.165) is 10.6 Å². The molecule has 1 heterocycles. The van der Waals surface area contributed by atoms with Gasteiger partial charge in [-0.05, 0) is 29.8 Å². The summed E-state index contributed by atoms with van der Waals surface area (Å²) in [6.07, 6.45) is 1.18. The van der Waals surface area contributed by atoms with Crippen LogP contribution in [0, 0.1) is 0 Å². The molecule has 2 rings (SSSR count). The van der Waals surface area contributed by atoms with E-state index in [9.17, 15) is 5.11 Å². The molecule has 0 radical (unpaired) electrons. The normalized spacial score (nSPS) is 14.6. The van der Waals surface area contributed by atoms with E-state index in [1.165, 1.54) is 0 Å². The third kappa shape index (κ3) is 5.51. The molecule has 0 fully saturated rings. The molecule has 1 N–H and O–H groups in total. The smallest absolute Gasteiger partial charge is 0.100 e. The van der Waals surface area contributed by atoms with Crippen LogP contribution in [0.25, 0.3) is 0 Å². The monoisotopic (exact) mass is 353 g/mol. The van der Waals surface area contributed by atoms with Crippen molar-refractivity contribution in [2.24, 2.45) is 0 Å². The van der Waals surface area contributed by atoms with Gasteiger partial charge in [-0.1, -0.05) is 62.3 Å². The molecule has 0 spiro atoms. The van der Waals surface area contributed by atoms with Crippen molar-refractivity contribution in [3.8, 4) is 0 Å². The molecule has 0 aliphatic heterocycles. The van der Waals surface area contributed by atoms with Crippen LogP contribution in [0.15, 0.2) is 53.7 Å². The first-order chi connectivity index (χ1) is 10.3. The molecular weight excluding hydrogens is 334 g/mol. The van der Waals surface area contributed by atoms with Crippen LogP contribution in [0.2, 0.25) is 5.02 Å². The van der Waals surface area contributed by atoms with E-state index in [0.29, 0.717) is 5.02 Å². The van der Waals surface area contributed by atoms with Crippen LogP contribution in [-0.4, -0.2) is 19.4 Å². The topological polar surface area (TPSA) is 33.1 Å². The van der Waals surface area contributed by atoms with Crippen LogP contribution in [0.1, 0.15) is 32.4 Å². The lowest BCUT2D eigenvalue weighted by Crippen LogP contribution is -2.19. The number of nitrogens with zero attached hydrogens (tertiary/aromatic N) is 1. The van der Waals surface area contributed by atoms with Crippen molar-refractivity contribution in [3.63, 3.8) is 0 Å². The van der Waals surface area contributed by atoms with Crippen LogP contribution < -0.4 is 0 Å². The Labute approximate surface area is 145 Å². The van der Waals surface area contributed by atoms with E-state index in [-0.39, 0.29) is 9.33 Å². The summed E-state index contributed by atoms with van der Waals surface area (Å²) in [6, 6.07) is 13.2. The Morgan fingerprint density at radius 2 is 1.77 bits per heavy atom. The van der Waals surface area contributed by atoms with Crippen molar-refractivity contribution < 1.29 is 5.11 Å². The first kappa shape index (κ1) is 17.7. The lowest BCUT2D eigenvalue weighted by atomic mass is 10.1. The molecule has 1 aromatic carbocycles. The number of thioether (sulfide) groups is 2. The molecule has 0 bridgehead atoms. The zero-order chi connectivity index (χ0) is 16.2. The van der Waals surface area contributed by atoms with Gasteiger partial charge in [0.15, 0.2) is 0 Å². The molecule has 2 aromatic rings. The minimum absolute atomic E-state index is 0.0415. The summed E-state index contributed by atoms with van der Waals surface area (Å²) < 4.78 is -0.00378. The zero-order valence-electron chi connectivity index (χ0n) is 12.9. The van der Waals surface area contributed by atoms with Gasteiger partial charge in [0.1, 0.15) is 6.10 Å². The van der Waals surface area contributed by atoms with Crippen molar-refractivity contribution in [1.29, 1.82) is 0 Å². The Balaban J connectivity index is 2.21. The van der Waals surface area contributed by atoms with Crippen molar-refractivity contribution in [1.82, 2.24) is 4.98 Å². The van der Waals surface area contributed by atoms with Crippen LogP contribution >= 0.6 is 35.1 Å². The first-order valence-electron chi connectivity index (χ1n) is 7.04. The molecular formula is C17H20ClNOS2. The maximum absolute atomic E-state index is 10.8. The Bertz CT molecular complexity index is 584. The molecule has 0 saturated carbocycles. The van der Waals surface area contributed by atoms with Crippen LogP contribution in [0.3, 0.4) is 0 Å². The summed E-state index contributed by atoms with van der Waals surface area (Å²) in [5, 5.41) is 12.4. The van der Waals surface area contributed by atoms with Crippen LogP contribution in [0.4, 0.5) is 0 Å². The highest BCUT2D eigenvalue weighted by atomic mass is 35.5. The average Bonchev–Trinajstić information content (AvgIpc) is 2.46. The molecule has 5 heteroatoms. The number of benzene rings is 1. The number of aromatic nitrogens is 1. The molecule has 2 atom stereocenters. The van der Waals surface area contributed by atoms with Crippen LogP contribution in [-0.2, 0) is 0 Å². The molecule has 0 aliphatic carbocycles. The van der Waals surface area contributed by atoms with Gasteiger partial charge in [-0.2, -0.15) is 0 Å². The minimum Gasteiger partial charge on any atom is -0.386 e. The van der Waals surface area contributed by atoms with Gasteiger partial charge in [-0.3, -0.25) is 0 Å². The number of rotatable bonds is 5. The van der Waals surface area contributed by atoms with Gasteiger partial charge >= 0.3 is 0 Å². The van der Waals surface area contributed by atoms with E-state index in [2.05, 4.69) is 25.8 Å². The van der Waals surface area contributed by atoms with Gasteiger partial charge in [-0.15, -0.1) is 11.8 Å². The van der Waals surface area contributed by atoms with Crippen molar-refractivity contribution >= 4 is 35.1 Å². The summed E-state index contributed by atoms with van der Waals surface area (Å²) in [5.74, 6) is 0. The third-order valence-corrected chi connectivity index (χ3v) is 5.81. The van der Waals surface area contributed by atoms with E-state index < -0.39 is 6.10 Å². The summed E-state index contributed by atoms with van der Waals surface area (Å²) in [4.78, 5) is 4.36. The Morgan fingerprint density at radius 1 is 1.09 bits per heavy atom. The highest BCUT2D eigenvalue weighted by molar-refractivity contribution is 8.17. The molecule has 0 amide bonds. The second-order valence-electron chi connectivity index (χ2n) is 5.88. The van der Waals surface area contributed by atoms with E-state index in [4.69, 9.17) is 11.6 Å². The zero-order valence-corrected chi connectivity index (χ0v) is 15.3. The molecule has 2 nitrogen and oxygen atoms in total. The maximum atomic E-state index is 10.8. The van der Waals surface area contributed by atoms with Gasteiger partial charge in [0.05, 0.1) is 9.61 Å². The second-order valence-corrected chi connectivity index (χ2v) is 9.75. The van der Waals surface area contributed by atoms with Gasteiger partial charge < -0.3 is 5.11 Å². The quantitative estimate of drug-likeness (QED) is 0.574. The number of hydrogen-bond acceptors (Lipinski definition) is 4. The fourth-order valence-electron chi connectivity index (χ4n) is 1.85. The highest BCUT2D eigenvalue weighted by Gasteiger charge is 2.28. The molecule has 0 saturated heterocycles. The SMILES string of the molecule is CC(C)(C)S[C@@H](Sc1ccccn1)[C@H](O)c1ccc(Cl)cc1. The molecule has 0 unspecified atom stereocenters. The fourth-order valence-corrected chi connectivity index (χ4v) is 5.12. The largest absolute Gasteiger partial charge is 0.386 e. The van der Waals surface area contributed by atoms with Gasteiger partial charge in [0.25, 0.3) is 0 Å². The fraction of sp³-hybridized carbons (Fsp3) is 0.353. The standard InChI is InChI=1S/C17H20ClNOS2/c1-17(2,3)22-16(21-14-6-4-5-11-19-14)15(20)12-7-9-13(18)10-8-12/h4-11,15-16,20H,1-3H3/t15-,16-/m1/s1. The lowest BCUT2D eigenvalue weighted by molar-refractivity contribution is 0.196. The number of aliphatic hydroxyl groups is 1. The highest BCUT2D eigenvalue weighted by Crippen LogP contribution is 2.43. The number of hydrogen-bond donors (Lipinski definition) is 1. The Morgan fingerprint density at radius 3 is 2.32 bits per heavy atom. The predicted octanol–water partition coefficient (Wildman–Crippen LogP) is 5.42. The van der Waals surface area contributed by atoms with Gasteiger partial charge in [0, 0.05) is 16.0 Å². The predicted molar refractivity (Wildman–Crippen MR) is 97.6 cm³/mol. The second kappa shape index (κ2) is 7.73. The van der Waals surface area contributed by atoms with E-state index in [1.807, 2.05) is 42.5 Å². The summed E-state index contributed by atoms with van der Waals surface area (Å²) >= 11 is 9.27. The molecule has 0 aliphatic rings. The van der Waals surface area contributed by atoms with Gasteiger partial charge in [-0.25, -0.2) is 4.98 Å². The summed E-state index contributed by atoms with van der Waals surface area (Å²) in [7, 11) is 0. The van der Waals surface area contributed by atoms with Crippen molar-refractivity contribution in [3.05, 3.63) is 59.2 Å². The third-order valence-electron chi connectivity index (χ3n) is 2.81. The Kier molecular flexibility index (Phi) is 6.21. The molecule has 1 aromatic heterocycles. The van der Waals surface area contributed by atoms with Gasteiger partial charge in [0.2, 0.25) is 0 Å². The number of pyridine rings is 1. The average molecular weight is 354 g/mol. The number of halogens is 1. The summed E-state index contributed by atoms with van der Waals surface area (Å²) in [6.45, 7) is 6.45. The maximum Gasteiger partial charge on any atom is 0.100 e. The lowest BCUT2D eigenvalue weighted by Gasteiger charge is -2.28. The molecule has 118 valence electrons. The van der Waals surface area contributed by atoms with E-state index in [1.54, 1.807) is 29.7 Å². The Hall–Kier alpha value is -0.680. The summed E-state index contributed by atoms with van der Waals surface area (Å²) in [5.41, 5.74) is 0.870. The molecule has 22 heavy (non-hydrogen) atoms. The number of aliphatic hydroxyl groups excluding tert-OH is 1. The minimum atomic E-state index is -0.589. The van der Waals surface area contributed by atoms with Crippen molar-refractivity contribution in [2.45, 2.75) is 41.2 Å².